The second-order valence-electron chi connectivity index (χ2n) is 5.99. The average Bonchev–Trinajstić information content (AvgIpc) is 3.23. The number of nitrogen functional groups attached to an aromatic ring is 1. The molecule has 0 amide bonds. The molecule has 0 saturated heterocycles. The number of anilines is 1. The van der Waals surface area contributed by atoms with Gasteiger partial charge in [-0.3, -0.25) is 0 Å². The van der Waals surface area contributed by atoms with E-state index in [0.717, 1.165) is 24.4 Å². The molecule has 1 aromatic carbocycles. The van der Waals surface area contributed by atoms with E-state index in [1.54, 1.807) is 0 Å². The van der Waals surface area contributed by atoms with Crippen LogP contribution in [0.3, 0.4) is 0 Å². The highest BCUT2D eigenvalue weighted by molar-refractivity contribution is 7.99. The van der Waals surface area contributed by atoms with Crippen LogP contribution in [0, 0.1) is 6.92 Å². The largest absolute Gasteiger partial charge is 0.399 e. The summed E-state index contributed by atoms with van der Waals surface area (Å²) >= 11 is 3.93. The topological polar surface area (TPSA) is 43.8 Å². The first-order valence-corrected chi connectivity index (χ1v) is 10.0. The van der Waals surface area contributed by atoms with Crippen LogP contribution in [0.15, 0.2) is 55.1 Å². The molecular formula is C19H23N3S2. The lowest BCUT2D eigenvalue weighted by atomic mass is 10.2. The number of aryl methyl sites for hydroxylation is 2. The van der Waals surface area contributed by atoms with Gasteiger partial charge in [0.25, 0.3) is 0 Å². The summed E-state index contributed by atoms with van der Waals surface area (Å²) in [4.78, 5) is 7.04. The van der Waals surface area contributed by atoms with Crippen LogP contribution in [0.1, 0.15) is 21.7 Å². The minimum atomic E-state index is 0.569. The number of nitrogens with two attached hydrogens (primary N) is 1. The Morgan fingerprint density at radius 2 is 2.04 bits per heavy atom. The van der Waals surface area contributed by atoms with Gasteiger partial charge in [-0.05, 0) is 49.6 Å². The number of thioether (sulfide) groups is 1. The first kappa shape index (κ1) is 17.1. The van der Waals surface area contributed by atoms with Crippen LogP contribution in [0.25, 0.3) is 0 Å². The van der Waals surface area contributed by atoms with Gasteiger partial charge in [0.15, 0.2) is 0 Å². The standard InChI is InChI=1S/C19H23N3S2/c1-15-2-7-18(24-15)8-9-19(12-22-11-10-21-14-22)23-13-16-3-5-17(20)6-4-16/h2-7,10-11,14,19H,8-9,12-13,20H2,1H3. The number of benzene rings is 1. The van der Waals surface area contributed by atoms with E-state index in [0.29, 0.717) is 5.25 Å². The smallest absolute Gasteiger partial charge is 0.0946 e. The molecule has 126 valence electrons. The fourth-order valence-electron chi connectivity index (χ4n) is 2.61. The van der Waals surface area contributed by atoms with Gasteiger partial charge < -0.3 is 10.3 Å². The van der Waals surface area contributed by atoms with Crippen molar-refractivity contribution in [3.05, 3.63) is 70.4 Å². The number of hydrogen-bond acceptors (Lipinski definition) is 4. The van der Waals surface area contributed by atoms with Gasteiger partial charge in [0, 0.05) is 45.4 Å². The van der Waals surface area contributed by atoms with Gasteiger partial charge in [-0.1, -0.05) is 12.1 Å². The maximum atomic E-state index is 5.77. The van der Waals surface area contributed by atoms with E-state index in [2.05, 4.69) is 40.7 Å². The summed E-state index contributed by atoms with van der Waals surface area (Å²) in [6.45, 7) is 3.18. The monoisotopic (exact) mass is 357 g/mol. The van der Waals surface area contributed by atoms with Gasteiger partial charge in [-0.25, -0.2) is 4.98 Å². The molecule has 2 N–H and O–H groups in total. The predicted octanol–water partition coefficient (Wildman–Crippen LogP) is 4.77. The number of hydrogen-bond donors (Lipinski definition) is 1. The maximum absolute atomic E-state index is 5.77. The van der Waals surface area contributed by atoms with Crippen molar-refractivity contribution in [2.75, 3.05) is 5.73 Å². The van der Waals surface area contributed by atoms with Crippen molar-refractivity contribution in [3.63, 3.8) is 0 Å². The Hall–Kier alpha value is -1.72. The van der Waals surface area contributed by atoms with E-state index in [-0.39, 0.29) is 0 Å². The highest BCUT2D eigenvalue weighted by Crippen LogP contribution is 2.26. The highest BCUT2D eigenvalue weighted by atomic mass is 32.2. The minimum Gasteiger partial charge on any atom is -0.399 e. The van der Waals surface area contributed by atoms with E-state index < -0.39 is 0 Å². The lowest BCUT2D eigenvalue weighted by Crippen LogP contribution is -2.13. The number of rotatable bonds is 8. The van der Waals surface area contributed by atoms with Crippen LogP contribution in [0.5, 0.6) is 0 Å². The summed E-state index contributed by atoms with van der Waals surface area (Å²) < 4.78 is 2.18. The van der Waals surface area contributed by atoms with Crippen LogP contribution in [0.2, 0.25) is 0 Å². The third-order valence-electron chi connectivity index (χ3n) is 3.95. The molecule has 0 radical (unpaired) electrons. The molecule has 5 heteroatoms. The van der Waals surface area contributed by atoms with Crippen LogP contribution < -0.4 is 5.73 Å². The molecule has 0 aliphatic carbocycles. The Kier molecular flexibility index (Phi) is 5.99. The van der Waals surface area contributed by atoms with Crippen molar-refractivity contribution in [3.8, 4) is 0 Å². The average molecular weight is 358 g/mol. The summed E-state index contributed by atoms with van der Waals surface area (Å²) in [7, 11) is 0. The van der Waals surface area contributed by atoms with Gasteiger partial charge in [0.05, 0.1) is 6.33 Å². The lowest BCUT2D eigenvalue weighted by molar-refractivity contribution is 0.626. The van der Waals surface area contributed by atoms with Crippen LogP contribution in [0.4, 0.5) is 5.69 Å². The molecule has 1 atom stereocenters. The van der Waals surface area contributed by atoms with Gasteiger partial charge >= 0.3 is 0 Å². The Labute approximate surface area is 151 Å². The zero-order chi connectivity index (χ0) is 16.8. The van der Waals surface area contributed by atoms with E-state index in [4.69, 9.17) is 5.73 Å². The molecule has 0 saturated carbocycles. The van der Waals surface area contributed by atoms with Gasteiger partial charge in [0.1, 0.15) is 0 Å². The molecule has 24 heavy (non-hydrogen) atoms. The third-order valence-corrected chi connectivity index (χ3v) is 6.36. The SMILES string of the molecule is Cc1ccc(CCC(Cn2ccnc2)SCc2ccc(N)cc2)s1. The van der Waals surface area contributed by atoms with E-state index >= 15 is 0 Å². The fourth-order valence-corrected chi connectivity index (χ4v) is 4.70. The van der Waals surface area contributed by atoms with E-state index in [1.165, 1.54) is 21.7 Å². The molecular weight excluding hydrogens is 334 g/mol. The van der Waals surface area contributed by atoms with Gasteiger partial charge in [-0.15, -0.1) is 11.3 Å². The maximum Gasteiger partial charge on any atom is 0.0946 e. The van der Waals surface area contributed by atoms with Crippen molar-refractivity contribution < 1.29 is 0 Å². The highest BCUT2D eigenvalue weighted by Gasteiger charge is 2.12. The van der Waals surface area contributed by atoms with Crippen molar-refractivity contribution >= 4 is 28.8 Å². The first-order valence-electron chi connectivity index (χ1n) is 8.16. The zero-order valence-electron chi connectivity index (χ0n) is 13.9. The molecule has 2 aromatic heterocycles. The first-order chi connectivity index (χ1) is 11.7. The Balaban J connectivity index is 1.59. The van der Waals surface area contributed by atoms with Crippen LogP contribution in [-0.2, 0) is 18.7 Å². The fraction of sp³-hybridized carbons (Fsp3) is 0.316. The lowest BCUT2D eigenvalue weighted by Gasteiger charge is -2.17. The number of thiophene rings is 1. The van der Waals surface area contributed by atoms with Crippen molar-refractivity contribution in [2.24, 2.45) is 0 Å². The molecule has 0 spiro atoms. The summed E-state index contributed by atoms with van der Waals surface area (Å²) in [5, 5.41) is 0.569. The van der Waals surface area contributed by atoms with E-state index in [9.17, 15) is 0 Å². The summed E-state index contributed by atoms with van der Waals surface area (Å²) in [6, 6.07) is 12.7. The Bertz CT molecular complexity index is 732. The van der Waals surface area contributed by atoms with E-state index in [1.807, 2.05) is 54.0 Å². The third kappa shape index (κ3) is 5.14. The molecule has 1 unspecified atom stereocenters. The molecule has 0 aliphatic heterocycles. The van der Waals surface area contributed by atoms with Crippen molar-refractivity contribution in [2.45, 2.75) is 37.3 Å². The van der Waals surface area contributed by atoms with Crippen molar-refractivity contribution in [1.82, 2.24) is 9.55 Å². The second-order valence-corrected chi connectivity index (χ2v) is 8.65. The molecule has 0 fully saturated rings. The van der Waals surface area contributed by atoms with Gasteiger partial charge in [-0.2, -0.15) is 11.8 Å². The predicted molar refractivity (Wildman–Crippen MR) is 106 cm³/mol. The zero-order valence-corrected chi connectivity index (χ0v) is 15.5. The summed E-state index contributed by atoms with van der Waals surface area (Å²) in [5.41, 5.74) is 7.93. The molecule has 0 aliphatic rings. The molecule has 0 bridgehead atoms. The molecule has 3 aromatic rings. The normalized spacial score (nSPS) is 12.4. The number of nitrogens with zero attached hydrogens (tertiary/aromatic N) is 2. The molecule has 2 heterocycles. The summed E-state index contributed by atoms with van der Waals surface area (Å²) in [6.07, 6.45) is 8.13. The minimum absolute atomic E-state index is 0.569. The molecule has 3 nitrogen and oxygen atoms in total. The van der Waals surface area contributed by atoms with Crippen LogP contribution >= 0.6 is 23.1 Å². The molecule has 3 rings (SSSR count). The second kappa shape index (κ2) is 8.40. The number of imidazole rings is 1. The number of aromatic nitrogens is 2. The van der Waals surface area contributed by atoms with Crippen LogP contribution in [-0.4, -0.2) is 14.8 Å². The Morgan fingerprint density at radius 3 is 2.71 bits per heavy atom. The van der Waals surface area contributed by atoms with Crippen molar-refractivity contribution in [1.29, 1.82) is 0 Å². The van der Waals surface area contributed by atoms with Gasteiger partial charge in [0.2, 0.25) is 0 Å². The quantitative estimate of drug-likeness (QED) is 0.591. The Morgan fingerprint density at radius 1 is 1.21 bits per heavy atom. The summed E-state index contributed by atoms with van der Waals surface area (Å²) in [5.74, 6) is 1.02.